The molecule has 10 aromatic carbocycles. The van der Waals surface area contributed by atoms with Gasteiger partial charge in [0.2, 0.25) is 0 Å². The predicted octanol–water partition coefficient (Wildman–Crippen LogP) is 18.0. The second kappa shape index (κ2) is 40.7. The number of aryl methyl sites for hydroxylation is 5. The molecule has 0 unspecified atom stereocenters. The first kappa shape index (κ1) is 94.0. The van der Waals surface area contributed by atoms with Crippen LogP contribution >= 0.6 is 0 Å². The molecule has 1 saturated heterocycles. The molecule has 1 fully saturated rings. The van der Waals surface area contributed by atoms with Gasteiger partial charge in [-0.3, -0.25) is 43.3 Å². The number of nitrogens with zero attached hydrogens (tertiary/aromatic N) is 2. The van der Waals surface area contributed by atoms with E-state index in [1.807, 2.05) is 17.6 Å². The minimum atomic E-state index is -4.27. The van der Waals surface area contributed by atoms with E-state index in [4.69, 9.17) is 0 Å². The second-order valence-electron chi connectivity index (χ2n) is 28.2. The normalized spacial score (nSPS) is 12.6. The number of benzene rings is 10. The summed E-state index contributed by atoms with van der Waals surface area (Å²) in [5.74, 6) is -36.2. The van der Waals surface area contributed by atoms with Gasteiger partial charge < -0.3 is 47.2 Å². The van der Waals surface area contributed by atoms with Crippen molar-refractivity contribution in [2.75, 3.05) is 40.9 Å². The topological polar surface area (TPSA) is 257 Å². The molecule has 18 nitrogen and oxygen atoms in total. The number of likely N-dealkylation sites (tertiary alicyclic amines) is 1. The van der Waals surface area contributed by atoms with E-state index in [0.29, 0.717) is 88.6 Å². The average molecular weight is 1740 g/mol. The van der Waals surface area contributed by atoms with E-state index in [2.05, 4.69) is 31.6 Å². The lowest BCUT2D eigenvalue weighted by Gasteiger charge is -2.32. The van der Waals surface area contributed by atoms with Crippen molar-refractivity contribution in [2.45, 2.75) is 96.8 Å². The molecule has 10 aromatic rings. The van der Waals surface area contributed by atoms with E-state index in [1.165, 1.54) is 56.4 Å². The molecule has 2 aliphatic heterocycles. The first-order valence-corrected chi connectivity index (χ1v) is 37.3. The zero-order valence-corrected chi connectivity index (χ0v) is 65.9. The quantitative estimate of drug-likeness (QED) is 0.0300. The van der Waals surface area contributed by atoms with Gasteiger partial charge in [0.25, 0.3) is 47.3 Å². The maximum Gasteiger partial charge on any atom is 0.352 e. The fourth-order valence-electron chi connectivity index (χ4n) is 12.0. The Hall–Kier alpha value is -13.9. The Labute approximate surface area is 696 Å². The predicted molar refractivity (Wildman–Crippen MR) is 425 cm³/mol. The summed E-state index contributed by atoms with van der Waals surface area (Å²) in [6.07, 6.45) is 3.52. The van der Waals surface area contributed by atoms with Crippen LogP contribution in [0.3, 0.4) is 0 Å². The second-order valence-corrected chi connectivity index (χ2v) is 28.2. The number of aliphatic imine (C=N–C) groups is 1. The summed E-state index contributed by atoms with van der Waals surface area (Å²) in [5.41, 5.74) is -1.30. The highest BCUT2D eigenvalue weighted by Crippen LogP contribution is 2.38. The van der Waals surface area contributed by atoms with Crippen molar-refractivity contribution in [3.8, 4) is 0 Å². The van der Waals surface area contributed by atoms with Crippen molar-refractivity contribution in [2.24, 2.45) is 4.99 Å². The van der Waals surface area contributed by atoms with Crippen molar-refractivity contribution in [1.82, 2.24) is 20.9 Å². The Kier molecular flexibility index (Phi) is 30.8. The zero-order valence-electron chi connectivity index (χ0n) is 65.9. The van der Waals surface area contributed by atoms with Crippen LogP contribution < -0.4 is 37.2 Å². The minimum Gasteiger partial charge on any atom is -0.393 e. The van der Waals surface area contributed by atoms with Crippen LogP contribution in [0.15, 0.2) is 211 Å². The zero-order chi connectivity index (χ0) is 90.9. The Morgan fingerprint density at radius 1 is 0.371 bits per heavy atom. The number of allylic oxidation sites excluding steroid dienone is 1. The fourth-order valence-corrected chi connectivity index (χ4v) is 12.0. The number of carbonyl (C=O) groups is 8. The van der Waals surface area contributed by atoms with Gasteiger partial charge in [0.1, 0.15) is 29.1 Å². The molecule has 2 aliphatic rings. The maximum atomic E-state index is 15.2. The smallest absolute Gasteiger partial charge is 0.352 e. The first-order valence-electron chi connectivity index (χ1n) is 37.3. The van der Waals surface area contributed by atoms with Crippen LogP contribution in [0.2, 0.25) is 0 Å². The number of hydrogen-bond donors (Lipinski definition) is 8. The standard InChI is InChI=1S/C23H17F5N2O2.C23H25F3N2O3.C22H15F5N2O2.C21H17F4N3O2/c1-13-2-4-14(5-3-13)12-29-22(32)23(27,28)17-10-15(6-8-18(17)24)21(31)30-16-7-9-19(25)20(26)11-16;1-13-10-14(2)19(23(25,26)22(31)28-8-6-17(29)7-9-28)12-18(13)21(30)27-16-4-5-20(24)15(3)11-16;23-17-8-6-14(20(30)29-15-7-9-18(24)19(25)11-15)10-16(17)22(26,27)21(31)28-12-13-4-2-1-3-5-13;1-12-9-14(5-7-17(12)22)28-19(29)13-4-6-18(23)16(10-13)21(24,25)20(30)27-11-15-3-2-8-26-15/h2-11H,12H2,1H3,(H,29,32)(H,30,31);4-5,10-12,17,29H,6-9H2,1-3H3,(H,27,30);1-11H,12H2,(H,28,31)(H,29,30);2,4-10H,3,11H2,1H3,(H,27,30)(H,28,29). The van der Waals surface area contributed by atoms with Crippen molar-refractivity contribution in [1.29, 1.82) is 0 Å². The molecule has 648 valence electrons. The number of rotatable bonds is 22. The Bertz CT molecular complexity index is 5750. The van der Waals surface area contributed by atoms with Gasteiger partial charge in [0.15, 0.2) is 23.3 Å². The monoisotopic (exact) mass is 1740 g/mol. The summed E-state index contributed by atoms with van der Waals surface area (Å²) in [5, 5.41) is 25.1. The van der Waals surface area contributed by atoms with Gasteiger partial charge in [-0.25, -0.2) is 39.5 Å². The van der Waals surface area contributed by atoms with Gasteiger partial charge in [-0.1, -0.05) is 72.3 Å². The van der Waals surface area contributed by atoms with Gasteiger partial charge in [-0.05, 0) is 202 Å². The summed E-state index contributed by atoms with van der Waals surface area (Å²) >= 11 is 0. The summed E-state index contributed by atoms with van der Waals surface area (Å²) in [6.45, 7) is 7.47. The number of nitrogens with one attached hydrogen (secondary N) is 7. The van der Waals surface area contributed by atoms with Gasteiger partial charge in [0.05, 0.1) is 29.3 Å². The molecule has 12 rings (SSSR count). The fraction of sp³-hybridized carbons (Fsp3) is 0.202. The van der Waals surface area contributed by atoms with Crippen molar-refractivity contribution >= 4 is 75.7 Å². The highest BCUT2D eigenvalue weighted by atomic mass is 19.3. The Morgan fingerprint density at radius 3 is 1.13 bits per heavy atom. The summed E-state index contributed by atoms with van der Waals surface area (Å²) in [6, 6.07) is 36.9. The maximum absolute atomic E-state index is 15.2. The molecule has 35 heteroatoms. The number of aliphatic hydroxyl groups is 1. The van der Waals surface area contributed by atoms with E-state index in [1.54, 1.807) is 74.5 Å². The molecule has 0 radical (unpaired) electrons. The number of amides is 8. The van der Waals surface area contributed by atoms with Crippen molar-refractivity contribution in [3.05, 3.63) is 342 Å². The van der Waals surface area contributed by atoms with Crippen LogP contribution in [0.1, 0.15) is 122 Å². The van der Waals surface area contributed by atoms with E-state index in [-0.39, 0.29) is 84.9 Å². The van der Waals surface area contributed by atoms with Crippen LogP contribution in [0.25, 0.3) is 0 Å². The number of hydrogen-bond acceptors (Lipinski definition) is 10. The highest BCUT2D eigenvalue weighted by molar-refractivity contribution is 6.08. The molecule has 8 amide bonds. The minimum absolute atomic E-state index is 0.00381. The highest BCUT2D eigenvalue weighted by Gasteiger charge is 2.48. The number of halogens is 17. The third-order valence-electron chi connectivity index (χ3n) is 19.0. The number of piperidine rings is 1. The Morgan fingerprint density at radius 2 is 0.742 bits per heavy atom. The first-order chi connectivity index (χ1) is 58.4. The van der Waals surface area contributed by atoms with Crippen LogP contribution in [-0.2, 0) is 56.0 Å². The van der Waals surface area contributed by atoms with Crippen LogP contribution in [0.4, 0.5) is 97.4 Å². The molecular weight excluding hydrogens is 1660 g/mol. The largest absolute Gasteiger partial charge is 0.393 e. The van der Waals surface area contributed by atoms with Gasteiger partial charge in [-0.2, -0.15) is 35.1 Å². The van der Waals surface area contributed by atoms with Gasteiger partial charge in [-0.15, -0.1) is 0 Å². The molecule has 0 spiro atoms. The van der Waals surface area contributed by atoms with Crippen LogP contribution in [0, 0.1) is 87.0 Å². The van der Waals surface area contributed by atoms with Crippen molar-refractivity contribution in [3.63, 3.8) is 0 Å². The molecule has 0 atom stereocenters. The lowest BCUT2D eigenvalue weighted by Crippen LogP contribution is -2.47. The van der Waals surface area contributed by atoms with E-state index in [9.17, 15) is 109 Å². The van der Waals surface area contributed by atoms with Crippen LogP contribution in [0.5, 0.6) is 0 Å². The number of carbonyl (C=O) groups excluding carboxylic acids is 8. The molecule has 2 heterocycles. The summed E-state index contributed by atoms with van der Waals surface area (Å²) < 4.78 is 240. The van der Waals surface area contributed by atoms with E-state index < -0.39 is 163 Å². The summed E-state index contributed by atoms with van der Waals surface area (Å²) in [7, 11) is 0. The molecule has 8 N–H and O–H groups in total. The lowest BCUT2D eigenvalue weighted by molar-refractivity contribution is -0.161. The average Bonchev–Trinajstić information content (AvgIpc) is 0.952. The third kappa shape index (κ3) is 24.1. The summed E-state index contributed by atoms with van der Waals surface area (Å²) in [4.78, 5) is 103. The lowest BCUT2D eigenvalue weighted by atomic mass is 9.94. The molecule has 0 aromatic heterocycles. The number of anilines is 4. The molecule has 0 bridgehead atoms. The molecular formula is C89H74F17N9O9. The van der Waals surface area contributed by atoms with Gasteiger partial charge >= 0.3 is 23.7 Å². The van der Waals surface area contributed by atoms with Crippen molar-refractivity contribution < 1.29 is 118 Å². The van der Waals surface area contributed by atoms with Crippen LogP contribution in [-0.4, -0.2) is 88.7 Å². The molecule has 0 saturated carbocycles. The van der Waals surface area contributed by atoms with E-state index >= 15 is 8.78 Å². The number of aliphatic hydroxyl groups excluding tert-OH is 1. The molecule has 124 heavy (non-hydrogen) atoms. The molecule has 0 aliphatic carbocycles. The number of alkyl halides is 8. The third-order valence-corrected chi connectivity index (χ3v) is 19.0. The van der Waals surface area contributed by atoms with Gasteiger partial charge in [0, 0.05) is 107 Å². The SMILES string of the molecule is Cc1cc(NC(=O)c2cc(C(F)(F)C(=O)N3CCC(O)CC3)c(C)cc2C)ccc1F.Cc1cc(NC(=O)c2ccc(F)c(C(F)(F)C(=O)NCC3=NC=CC3)c2)ccc1F.Cc1ccc(CNC(=O)C(F)(F)c2cc(C(=O)Nc3ccc(F)c(F)c3)ccc2F)cc1.O=C(Nc1ccc(F)c(F)c1)c1ccc(F)c(C(F)(F)C(=O)NCc2ccccc2)c1. The Balaban J connectivity index is 0.000000187. The van der Waals surface area contributed by atoms with E-state index in [0.717, 1.165) is 65.1 Å².